The van der Waals surface area contributed by atoms with Gasteiger partial charge in [-0.3, -0.25) is 0 Å². The summed E-state index contributed by atoms with van der Waals surface area (Å²) in [5.41, 5.74) is 1.86. The number of benzene rings is 2. The molecule has 118 valence electrons. The van der Waals surface area contributed by atoms with Crippen LogP contribution in [0.2, 0.25) is 5.02 Å². The van der Waals surface area contributed by atoms with Gasteiger partial charge >= 0.3 is 0 Å². The molecule has 0 aliphatic rings. The van der Waals surface area contributed by atoms with Crippen LogP contribution in [0.3, 0.4) is 0 Å². The Hall–Kier alpha value is -1.82. The lowest BCUT2D eigenvalue weighted by Crippen LogP contribution is -2.02. The summed E-state index contributed by atoms with van der Waals surface area (Å²) in [6, 6.07) is 17.1. The van der Waals surface area contributed by atoms with Gasteiger partial charge in [-0.2, -0.15) is 0 Å². The maximum atomic E-state index is 10.3. The molecule has 0 aliphatic carbocycles. The molecule has 1 unspecified atom stereocenters. The number of rotatable bonds is 5. The first-order valence-electron chi connectivity index (χ1n) is 7.16. The smallest absolute Gasteiger partial charge is 0.191 e. The van der Waals surface area contributed by atoms with E-state index in [4.69, 9.17) is 11.6 Å². The number of nitrogens with zero attached hydrogens (tertiary/aromatic N) is 3. The minimum absolute atomic E-state index is 0.502. The summed E-state index contributed by atoms with van der Waals surface area (Å²) in [6.45, 7) is 0. The van der Waals surface area contributed by atoms with Gasteiger partial charge in [0.15, 0.2) is 11.0 Å². The average Bonchev–Trinajstić information content (AvgIpc) is 2.95. The van der Waals surface area contributed by atoms with Crippen LogP contribution in [0.4, 0.5) is 0 Å². The average molecular weight is 346 g/mol. The van der Waals surface area contributed by atoms with E-state index in [9.17, 15) is 5.11 Å². The molecule has 3 aromatic rings. The Morgan fingerprint density at radius 3 is 2.48 bits per heavy atom. The van der Waals surface area contributed by atoms with Gasteiger partial charge in [0.2, 0.25) is 0 Å². The number of hydrogen-bond acceptors (Lipinski definition) is 4. The van der Waals surface area contributed by atoms with Gasteiger partial charge in [-0.1, -0.05) is 65.8 Å². The minimum Gasteiger partial charge on any atom is -0.388 e. The molecule has 4 nitrogen and oxygen atoms in total. The summed E-state index contributed by atoms with van der Waals surface area (Å²) < 4.78 is 1.94. The first-order valence-corrected chi connectivity index (χ1v) is 8.52. The summed E-state index contributed by atoms with van der Waals surface area (Å²) in [4.78, 5) is 0. The Labute approximate surface area is 144 Å². The number of aliphatic hydroxyl groups excluding tert-OH is 1. The molecule has 0 bridgehead atoms. The van der Waals surface area contributed by atoms with Gasteiger partial charge in [0, 0.05) is 23.4 Å². The molecule has 1 heterocycles. The molecular formula is C17H16ClN3OS. The van der Waals surface area contributed by atoms with E-state index in [-0.39, 0.29) is 0 Å². The van der Waals surface area contributed by atoms with E-state index in [1.54, 1.807) is 12.1 Å². The third-order valence-electron chi connectivity index (χ3n) is 3.49. The van der Waals surface area contributed by atoms with Gasteiger partial charge in [0.1, 0.15) is 0 Å². The van der Waals surface area contributed by atoms with Crippen LogP contribution < -0.4 is 0 Å². The zero-order valence-electron chi connectivity index (χ0n) is 12.6. The van der Waals surface area contributed by atoms with Crippen molar-refractivity contribution in [2.75, 3.05) is 5.75 Å². The number of aromatic nitrogens is 3. The van der Waals surface area contributed by atoms with Crippen molar-refractivity contribution in [1.82, 2.24) is 14.8 Å². The third kappa shape index (κ3) is 3.75. The molecule has 1 atom stereocenters. The Kier molecular flexibility index (Phi) is 5.00. The van der Waals surface area contributed by atoms with Crippen molar-refractivity contribution in [2.45, 2.75) is 11.3 Å². The number of thioether (sulfide) groups is 1. The first kappa shape index (κ1) is 16.1. The van der Waals surface area contributed by atoms with Crippen molar-refractivity contribution < 1.29 is 5.11 Å². The molecule has 0 radical (unpaired) electrons. The van der Waals surface area contributed by atoms with E-state index in [0.29, 0.717) is 10.8 Å². The molecule has 6 heteroatoms. The van der Waals surface area contributed by atoms with Gasteiger partial charge in [0.05, 0.1) is 6.10 Å². The second-order valence-electron chi connectivity index (χ2n) is 5.11. The van der Waals surface area contributed by atoms with E-state index in [0.717, 1.165) is 22.1 Å². The van der Waals surface area contributed by atoms with Gasteiger partial charge in [-0.15, -0.1) is 10.2 Å². The van der Waals surface area contributed by atoms with E-state index >= 15 is 0 Å². The van der Waals surface area contributed by atoms with E-state index in [1.165, 1.54) is 11.8 Å². The highest BCUT2D eigenvalue weighted by Crippen LogP contribution is 2.26. The van der Waals surface area contributed by atoms with E-state index < -0.39 is 6.10 Å². The SMILES string of the molecule is Cn1c(SCC(O)c2ccc(Cl)cc2)nnc1-c1ccccc1. The standard InChI is InChI=1S/C17H16ClN3OS/c1-21-16(13-5-3-2-4-6-13)19-20-17(21)23-11-15(22)12-7-9-14(18)10-8-12/h2-10,15,22H,11H2,1H3. The molecule has 2 aromatic carbocycles. The van der Waals surface area contributed by atoms with Crippen LogP contribution in [0.15, 0.2) is 59.8 Å². The van der Waals surface area contributed by atoms with Crippen molar-refractivity contribution in [3.05, 3.63) is 65.2 Å². The maximum absolute atomic E-state index is 10.3. The lowest BCUT2D eigenvalue weighted by atomic mass is 10.1. The lowest BCUT2D eigenvalue weighted by Gasteiger charge is -2.10. The summed E-state index contributed by atoms with van der Waals surface area (Å²) in [5, 5.41) is 20.2. The predicted molar refractivity (Wildman–Crippen MR) is 93.6 cm³/mol. The molecule has 0 saturated carbocycles. The fourth-order valence-electron chi connectivity index (χ4n) is 2.21. The van der Waals surface area contributed by atoms with E-state index in [1.807, 2.05) is 54.1 Å². The highest BCUT2D eigenvalue weighted by Gasteiger charge is 2.14. The normalized spacial score (nSPS) is 12.3. The maximum Gasteiger partial charge on any atom is 0.191 e. The molecule has 1 N–H and O–H groups in total. The molecule has 0 spiro atoms. The second-order valence-corrected chi connectivity index (χ2v) is 6.53. The fourth-order valence-corrected chi connectivity index (χ4v) is 3.22. The van der Waals surface area contributed by atoms with Crippen LogP contribution in [0.25, 0.3) is 11.4 Å². The summed E-state index contributed by atoms with van der Waals surface area (Å²) in [6.07, 6.45) is -0.575. The topological polar surface area (TPSA) is 50.9 Å². The minimum atomic E-state index is -0.575. The quantitative estimate of drug-likeness (QED) is 0.711. The Morgan fingerprint density at radius 2 is 1.78 bits per heavy atom. The van der Waals surface area contributed by atoms with Crippen molar-refractivity contribution in [2.24, 2.45) is 7.05 Å². The molecular weight excluding hydrogens is 330 g/mol. The molecule has 3 rings (SSSR count). The Bertz CT molecular complexity index is 774. The fraction of sp³-hybridized carbons (Fsp3) is 0.176. The van der Waals surface area contributed by atoms with Crippen molar-refractivity contribution in [1.29, 1.82) is 0 Å². The van der Waals surface area contributed by atoms with Crippen LogP contribution in [0.1, 0.15) is 11.7 Å². The Morgan fingerprint density at radius 1 is 1.09 bits per heavy atom. The van der Waals surface area contributed by atoms with Crippen molar-refractivity contribution in [3.63, 3.8) is 0 Å². The van der Waals surface area contributed by atoms with E-state index in [2.05, 4.69) is 10.2 Å². The molecule has 0 fully saturated rings. The van der Waals surface area contributed by atoms with Crippen LogP contribution >= 0.6 is 23.4 Å². The van der Waals surface area contributed by atoms with Crippen LogP contribution in [-0.2, 0) is 7.05 Å². The van der Waals surface area contributed by atoms with Gasteiger partial charge in [-0.25, -0.2) is 0 Å². The summed E-state index contributed by atoms with van der Waals surface area (Å²) in [5.74, 6) is 1.32. The van der Waals surface area contributed by atoms with Crippen LogP contribution in [0.5, 0.6) is 0 Å². The second kappa shape index (κ2) is 7.17. The highest BCUT2D eigenvalue weighted by atomic mass is 35.5. The molecule has 0 saturated heterocycles. The molecule has 1 aromatic heterocycles. The first-order chi connectivity index (χ1) is 11.1. The number of hydrogen-bond donors (Lipinski definition) is 1. The van der Waals surface area contributed by atoms with Gasteiger partial charge in [-0.05, 0) is 17.7 Å². The number of aliphatic hydroxyl groups is 1. The third-order valence-corrected chi connectivity index (χ3v) is 4.84. The van der Waals surface area contributed by atoms with Crippen LogP contribution in [-0.4, -0.2) is 25.6 Å². The van der Waals surface area contributed by atoms with Crippen molar-refractivity contribution >= 4 is 23.4 Å². The molecule has 23 heavy (non-hydrogen) atoms. The summed E-state index contributed by atoms with van der Waals surface area (Å²) in [7, 11) is 1.93. The lowest BCUT2D eigenvalue weighted by molar-refractivity contribution is 0.204. The van der Waals surface area contributed by atoms with Crippen molar-refractivity contribution in [3.8, 4) is 11.4 Å². The largest absolute Gasteiger partial charge is 0.388 e. The monoisotopic (exact) mass is 345 g/mol. The van der Waals surface area contributed by atoms with Crippen LogP contribution in [0, 0.1) is 0 Å². The predicted octanol–water partition coefficient (Wildman–Crippen LogP) is 3.96. The van der Waals surface area contributed by atoms with Gasteiger partial charge < -0.3 is 9.67 Å². The zero-order valence-corrected chi connectivity index (χ0v) is 14.1. The van der Waals surface area contributed by atoms with Gasteiger partial charge in [0.25, 0.3) is 0 Å². The zero-order chi connectivity index (χ0) is 16.2. The summed E-state index contributed by atoms with van der Waals surface area (Å²) >= 11 is 7.34. The Balaban J connectivity index is 1.69. The molecule has 0 aliphatic heterocycles. The number of halogens is 1. The highest BCUT2D eigenvalue weighted by molar-refractivity contribution is 7.99. The molecule has 0 amide bonds.